The summed E-state index contributed by atoms with van der Waals surface area (Å²) in [6, 6.07) is 17.8. The van der Waals surface area contributed by atoms with Crippen LogP contribution in [-0.4, -0.2) is 0 Å². The van der Waals surface area contributed by atoms with E-state index in [1.807, 2.05) is 48.5 Å². The van der Waals surface area contributed by atoms with Crippen LogP contribution in [0.4, 0.5) is 5.69 Å². The van der Waals surface area contributed by atoms with E-state index in [0.717, 1.165) is 29.8 Å². The molecule has 0 fully saturated rings. The maximum absolute atomic E-state index is 6.04. The van der Waals surface area contributed by atoms with Crippen LogP contribution in [0.25, 0.3) is 0 Å². The molecule has 2 aromatic rings. The minimum Gasteiger partial charge on any atom is -0.486 e. The summed E-state index contributed by atoms with van der Waals surface area (Å²) in [6.07, 6.45) is 2.13. The molecule has 0 amide bonds. The maximum atomic E-state index is 6.04. The molecule has 1 atom stereocenters. The van der Waals surface area contributed by atoms with Gasteiger partial charge < -0.3 is 10.5 Å². The van der Waals surface area contributed by atoms with Crippen LogP contribution >= 0.6 is 0 Å². The third kappa shape index (κ3) is 3.27. The fourth-order valence-corrected chi connectivity index (χ4v) is 1.98. The van der Waals surface area contributed by atoms with Crippen molar-refractivity contribution >= 4 is 5.69 Å². The first-order valence-corrected chi connectivity index (χ1v) is 6.36. The summed E-state index contributed by atoms with van der Waals surface area (Å²) in [6.45, 7) is 2.16. The molecule has 0 heterocycles. The molecule has 0 bridgehead atoms. The molecule has 2 aromatic carbocycles. The van der Waals surface area contributed by atoms with Crippen LogP contribution in [0.2, 0.25) is 0 Å². The average Bonchev–Trinajstić information content (AvgIpc) is 2.39. The van der Waals surface area contributed by atoms with Gasteiger partial charge in [-0.3, -0.25) is 0 Å². The third-order valence-electron chi connectivity index (χ3n) is 2.85. The number of anilines is 1. The lowest BCUT2D eigenvalue weighted by Crippen LogP contribution is -2.07. The number of nitrogen functional groups attached to an aromatic ring is 1. The van der Waals surface area contributed by atoms with Gasteiger partial charge in [0.05, 0.1) is 0 Å². The van der Waals surface area contributed by atoms with Gasteiger partial charge in [0.2, 0.25) is 0 Å². The number of ether oxygens (including phenoxy) is 1. The molecule has 2 rings (SSSR count). The van der Waals surface area contributed by atoms with Gasteiger partial charge in [-0.25, -0.2) is 0 Å². The van der Waals surface area contributed by atoms with Crippen LogP contribution in [0.1, 0.15) is 31.4 Å². The molecule has 0 radical (unpaired) electrons. The van der Waals surface area contributed by atoms with Crippen molar-refractivity contribution in [3.05, 3.63) is 60.2 Å². The lowest BCUT2D eigenvalue weighted by molar-refractivity contribution is 0.194. The minimum atomic E-state index is 0.0703. The Morgan fingerprint density at radius 1 is 1.06 bits per heavy atom. The summed E-state index contributed by atoms with van der Waals surface area (Å²) in [4.78, 5) is 0. The summed E-state index contributed by atoms with van der Waals surface area (Å²) < 4.78 is 6.04. The van der Waals surface area contributed by atoms with Crippen molar-refractivity contribution < 1.29 is 4.74 Å². The number of benzene rings is 2. The largest absolute Gasteiger partial charge is 0.486 e. The highest BCUT2D eigenvalue weighted by atomic mass is 16.5. The molecule has 0 saturated heterocycles. The van der Waals surface area contributed by atoms with E-state index in [2.05, 4.69) is 13.0 Å². The predicted molar refractivity (Wildman–Crippen MR) is 75.6 cm³/mol. The smallest absolute Gasteiger partial charge is 0.124 e. The van der Waals surface area contributed by atoms with Gasteiger partial charge in [-0.1, -0.05) is 43.7 Å². The molecule has 2 heteroatoms. The SMILES string of the molecule is CCCC(Oc1ccccc1)c1cccc(N)c1. The second-order valence-corrected chi connectivity index (χ2v) is 4.38. The van der Waals surface area contributed by atoms with E-state index in [1.54, 1.807) is 0 Å². The highest BCUT2D eigenvalue weighted by Crippen LogP contribution is 2.26. The van der Waals surface area contributed by atoms with Crippen LogP contribution < -0.4 is 10.5 Å². The van der Waals surface area contributed by atoms with E-state index in [1.165, 1.54) is 0 Å². The van der Waals surface area contributed by atoms with Gasteiger partial charge >= 0.3 is 0 Å². The molecular weight excluding hydrogens is 222 g/mol. The van der Waals surface area contributed by atoms with E-state index in [0.29, 0.717) is 0 Å². The van der Waals surface area contributed by atoms with E-state index in [9.17, 15) is 0 Å². The molecule has 1 unspecified atom stereocenters. The Kier molecular flexibility index (Phi) is 4.24. The van der Waals surface area contributed by atoms with Crippen LogP contribution in [0.15, 0.2) is 54.6 Å². The fraction of sp³-hybridized carbons (Fsp3) is 0.250. The van der Waals surface area contributed by atoms with Crippen LogP contribution in [-0.2, 0) is 0 Å². The van der Waals surface area contributed by atoms with Gasteiger partial charge in [0.25, 0.3) is 0 Å². The van der Waals surface area contributed by atoms with Gasteiger partial charge in [0, 0.05) is 5.69 Å². The molecule has 18 heavy (non-hydrogen) atoms. The summed E-state index contributed by atoms with van der Waals surface area (Å²) >= 11 is 0. The monoisotopic (exact) mass is 241 g/mol. The third-order valence-corrected chi connectivity index (χ3v) is 2.85. The normalized spacial score (nSPS) is 12.1. The highest BCUT2D eigenvalue weighted by Gasteiger charge is 2.12. The molecule has 0 saturated carbocycles. The standard InChI is InChI=1S/C16H19NO/c1-2-7-16(13-8-6-9-14(17)12-13)18-15-10-4-3-5-11-15/h3-6,8-12,16H,2,7,17H2,1H3. The predicted octanol–water partition coefficient (Wildman–Crippen LogP) is 4.19. The molecular formula is C16H19NO. The minimum absolute atomic E-state index is 0.0703. The summed E-state index contributed by atoms with van der Waals surface area (Å²) in [7, 11) is 0. The number of hydrogen-bond donors (Lipinski definition) is 1. The Labute approximate surface area is 108 Å². The molecule has 94 valence electrons. The zero-order valence-corrected chi connectivity index (χ0v) is 10.7. The van der Waals surface area contributed by atoms with Crippen molar-refractivity contribution in [3.8, 4) is 5.75 Å². The zero-order valence-electron chi connectivity index (χ0n) is 10.7. The van der Waals surface area contributed by atoms with E-state index < -0.39 is 0 Å². The Hall–Kier alpha value is -1.96. The van der Waals surface area contributed by atoms with Gasteiger partial charge in [-0.15, -0.1) is 0 Å². The highest BCUT2D eigenvalue weighted by molar-refractivity contribution is 5.41. The molecule has 0 spiro atoms. The Bertz CT molecular complexity index is 481. The lowest BCUT2D eigenvalue weighted by atomic mass is 10.0. The van der Waals surface area contributed by atoms with Gasteiger partial charge in [-0.05, 0) is 36.2 Å². The second kappa shape index (κ2) is 6.10. The van der Waals surface area contributed by atoms with Crippen molar-refractivity contribution in [2.75, 3.05) is 5.73 Å². The van der Waals surface area contributed by atoms with Crippen molar-refractivity contribution in [2.24, 2.45) is 0 Å². The van der Waals surface area contributed by atoms with Gasteiger partial charge in [-0.2, -0.15) is 0 Å². The van der Waals surface area contributed by atoms with Crippen molar-refractivity contribution in [1.29, 1.82) is 0 Å². The van der Waals surface area contributed by atoms with Gasteiger partial charge in [0.15, 0.2) is 0 Å². The summed E-state index contributed by atoms with van der Waals surface area (Å²) in [5.41, 5.74) is 7.75. The Morgan fingerprint density at radius 2 is 1.83 bits per heavy atom. The molecule has 0 aliphatic heterocycles. The molecule has 0 aliphatic rings. The number of para-hydroxylation sites is 1. The first kappa shape index (κ1) is 12.5. The van der Waals surface area contributed by atoms with Crippen molar-refractivity contribution in [2.45, 2.75) is 25.9 Å². The molecule has 2 nitrogen and oxygen atoms in total. The zero-order chi connectivity index (χ0) is 12.8. The number of nitrogens with two attached hydrogens (primary N) is 1. The Balaban J connectivity index is 2.18. The van der Waals surface area contributed by atoms with E-state index in [4.69, 9.17) is 10.5 Å². The van der Waals surface area contributed by atoms with E-state index in [-0.39, 0.29) is 6.10 Å². The van der Waals surface area contributed by atoms with E-state index >= 15 is 0 Å². The van der Waals surface area contributed by atoms with Crippen LogP contribution in [0, 0.1) is 0 Å². The topological polar surface area (TPSA) is 35.2 Å². The number of hydrogen-bond acceptors (Lipinski definition) is 2. The lowest BCUT2D eigenvalue weighted by Gasteiger charge is -2.19. The first-order valence-electron chi connectivity index (χ1n) is 6.36. The van der Waals surface area contributed by atoms with Crippen molar-refractivity contribution in [1.82, 2.24) is 0 Å². The molecule has 2 N–H and O–H groups in total. The van der Waals surface area contributed by atoms with Gasteiger partial charge in [0.1, 0.15) is 11.9 Å². The molecule has 0 aromatic heterocycles. The average molecular weight is 241 g/mol. The van der Waals surface area contributed by atoms with Crippen LogP contribution in [0.3, 0.4) is 0 Å². The maximum Gasteiger partial charge on any atom is 0.124 e. The van der Waals surface area contributed by atoms with Crippen LogP contribution in [0.5, 0.6) is 5.75 Å². The number of rotatable bonds is 5. The first-order chi connectivity index (χ1) is 8.79. The Morgan fingerprint density at radius 3 is 2.50 bits per heavy atom. The summed E-state index contributed by atoms with van der Waals surface area (Å²) in [5, 5.41) is 0. The second-order valence-electron chi connectivity index (χ2n) is 4.38. The quantitative estimate of drug-likeness (QED) is 0.797. The summed E-state index contributed by atoms with van der Waals surface area (Å²) in [5.74, 6) is 0.901. The fourth-order valence-electron chi connectivity index (χ4n) is 1.98. The molecule has 0 aliphatic carbocycles. The van der Waals surface area contributed by atoms with Crippen molar-refractivity contribution in [3.63, 3.8) is 0 Å².